The molecule has 0 heterocycles. The van der Waals surface area contributed by atoms with Gasteiger partial charge in [-0.2, -0.15) is 0 Å². The molecule has 0 aromatic rings. The van der Waals surface area contributed by atoms with Crippen LogP contribution in [0.1, 0.15) is 0 Å². The standard InChI is InChI=1S/Ca.2H2O3Si.H2O.2H/c;2*1-4(2)3;;;/h;2*1-2H;1H2;;. The molecule has 0 saturated carbocycles. The van der Waals surface area contributed by atoms with Crippen LogP contribution in [0.15, 0.2) is 0 Å². The summed E-state index contributed by atoms with van der Waals surface area (Å²) in [4.78, 5) is 28.6. The van der Waals surface area contributed by atoms with E-state index in [2.05, 4.69) is 0 Å². The van der Waals surface area contributed by atoms with Crippen molar-refractivity contribution < 1.29 is 33.6 Å². The minimum absolute atomic E-state index is 0. The Morgan fingerprint density at radius 1 is 0.800 bits per heavy atom. The molecule has 0 atom stereocenters. The molecule has 6 N–H and O–H groups in total. The van der Waals surface area contributed by atoms with E-state index in [-0.39, 0.29) is 43.2 Å². The summed E-state index contributed by atoms with van der Waals surface area (Å²) in [5, 5.41) is 0. The van der Waals surface area contributed by atoms with Gasteiger partial charge in [-0.1, -0.05) is 0 Å². The Hall–Kier alpha value is 0.454. The van der Waals surface area contributed by atoms with Crippen molar-refractivity contribution in [2.24, 2.45) is 0 Å². The van der Waals surface area contributed by atoms with Gasteiger partial charge in [0.1, 0.15) is 0 Å². The van der Waals surface area contributed by atoms with E-state index in [0.717, 1.165) is 0 Å². The monoisotopic (exact) mass is 216 g/mol. The molecule has 0 rings (SSSR count). The van der Waals surface area contributed by atoms with Crippen molar-refractivity contribution in [3.8, 4) is 0 Å². The molecule has 0 unspecified atom stereocenters. The zero-order valence-electron chi connectivity index (χ0n) is 4.11. The van der Waals surface area contributed by atoms with E-state index in [4.69, 9.17) is 28.1 Å². The van der Waals surface area contributed by atoms with E-state index >= 15 is 0 Å². The van der Waals surface area contributed by atoms with Crippen molar-refractivity contribution >= 4 is 56.1 Å². The van der Waals surface area contributed by atoms with Crippen LogP contribution in [0.2, 0.25) is 0 Å². The predicted molar refractivity (Wildman–Crippen MR) is 33.9 cm³/mol. The van der Waals surface area contributed by atoms with E-state index < -0.39 is 18.3 Å². The Kier molecular flexibility index (Phi) is 36.4. The SMILES string of the molecule is O.O=[Si](O)O.O=[Si](O)O.[CaH2]. The first kappa shape index (κ1) is 22.4. The normalized spacial score (nSPS) is 4.80. The third-order valence-corrected chi connectivity index (χ3v) is 0. The van der Waals surface area contributed by atoms with Crippen molar-refractivity contribution in [1.82, 2.24) is 0 Å². The summed E-state index contributed by atoms with van der Waals surface area (Å²) in [5.74, 6) is 0. The van der Waals surface area contributed by atoms with Gasteiger partial charge in [-0.3, -0.25) is 8.92 Å². The zero-order chi connectivity index (χ0) is 7.15. The molecule has 0 saturated heterocycles. The molecule has 0 aliphatic carbocycles. The van der Waals surface area contributed by atoms with Crippen LogP contribution in [-0.2, 0) is 8.92 Å². The summed E-state index contributed by atoms with van der Waals surface area (Å²) in [6.45, 7) is 0. The molecule has 0 amide bonds. The summed E-state index contributed by atoms with van der Waals surface area (Å²) >= 11 is 0. The molecule has 0 spiro atoms. The van der Waals surface area contributed by atoms with Crippen LogP contribution in [0, 0.1) is 0 Å². The number of hydrogen-bond acceptors (Lipinski definition) is 2. The van der Waals surface area contributed by atoms with Gasteiger partial charge in [0.15, 0.2) is 0 Å². The van der Waals surface area contributed by atoms with Crippen LogP contribution in [0.4, 0.5) is 0 Å². The van der Waals surface area contributed by atoms with E-state index in [1.807, 2.05) is 0 Å². The molecule has 0 aromatic carbocycles. The van der Waals surface area contributed by atoms with E-state index in [1.165, 1.54) is 0 Å². The Labute approximate surface area is 89.1 Å². The molecule has 0 aliphatic rings. The van der Waals surface area contributed by atoms with Crippen LogP contribution >= 0.6 is 0 Å². The average molecular weight is 216 g/mol. The van der Waals surface area contributed by atoms with Crippen LogP contribution in [0.3, 0.4) is 0 Å². The topological polar surface area (TPSA) is 147 Å². The molecule has 0 fully saturated rings. The molecular formula is H8CaO7Si2. The minimum atomic E-state index is -3.13. The maximum atomic E-state index is 8.74. The third-order valence-electron chi connectivity index (χ3n) is 0. The molecule has 0 radical (unpaired) electrons. The van der Waals surface area contributed by atoms with Gasteiger partial charge in [0.25, 0.3) is 0 Å². The predicted octanol–water partition coefficient (Wildman–Crippen LogP) is -4.97. The molecule has 60 valence electrons. The summed E-state index contributed by atoms with van der Waals surface area (Å²) in [6.07, 6.45) is 0. The van der Waals surface area contributed by atoms with Crippen LogP contribution < -0.4 is 0 Å². The molecule has 10 heavy (non-hydrogen) atoms. The molecule has 10 heteroatoms. The van der Waals surface area contributed by atoms with Crippen molar-refractivity contribution in [1.29, 1.82) is 0 Å². The van der Waals surface area contributed by atoms with Gasteiger partial charge in [0, 0.05) is 0 Å². The molecule has 0 aliphatic heterocycles. The Bertz CT molecular complexity index is 69.6. The fourth-order valence-electron chi connectivity index (χ4n) is 0. The van der Waals surface area contributed by atoms with E-state index in [1.54, 1.807) is 0 Å². The summed E-state index contributed by atoms with van der Waals surface area (Å²) < 4.78 is 17.5. The van der Waals surface area contributed by atoms with Crippen LogP contribution in [-0.4, -0.2) is 80.7 Å². The van der Waals surface area contributed by atoms with Crippen molar-refractivity contribution in [2.75, 3.05) is 0 Å². The second kappa shape index (κ2) is 16.2. The van der Waals surface area contributed by atoms with Crippen molar-refractivity contribution in [2.45, 2.75) is 0 Å². The average Bonchev–Trinajstić information content (AvgIpc) is 1.25. The quantitative estimate of drug-likeness (QED) is 0.298. The number of hydrogen-bond donors (Lipinski definition) is 4. The number of rotatable bonds is 0. The van der Waals surface area contributed by atoms with E-state index in [0.29, 0.717) is 0 Å². The summed E-state index contributed by atoms with van der Waals surface area (Å²) in [7, 11) is -6.26. The molecule has 7 nitrogen and oxygen atoms in total. The maximum absolute atomic E-state index is 8.74. The first-order valence-corrected chi connectivity index (χ1v) is 3.91. The Morgan fingerprint density at radius 3 is 0.800 bits per heavy atom. The first-order valence-electron chi connectivity index (χ1n) is 1.30. The zero-order valence-corrected chi connectivity index (χ0v) is 6.11. The van der Waals surface area contributed by atoms with Gasteiger partial charge in [0.2, 0.25) is 0 Å². The van der Waals surface area contributed by atoms with E-state index in [9.17, 15) is 0 Å². The fourth-order valence-corrected chi connectivity index (χ4v) is 0. The van der Waals surface area contributed by atoms with Crippen molar-refractivity contribution in [3.63, 3.8) is 0 Å². The summed E-state index contributed by atoms with van der Waals surface area (Å²) in [5.41, 5.74) is 0. The second-order valence-corrected chi connectivity index (χ2v) is 1.70. The van der Waals surface area contributed by atoms with Gasteiger partial charge in [-0.15, -0.1) is 0 Å². The fraction of sp³-hybridized carbons (Fsp3) is 0. The summed E-state index contributed by atoms with van der Waals surface area (Å²) in [6, 6.07) is 0. The Morgan fingerprint density at radius 2 is 0.800 bits per heavy atom. The Balaban J connectivity index is -0.0000000300. The first-order chi connectivity index (χ1) is 3.46. The van der Waals surface area contributed by atoms with Gasteiger partial charge in [-0.25, -0.2) is 0 Å². The van der Waals surface area contributed by atoms with Gasteiger partial charge in [0.05, 0.1) is 0 Å². The second-order valence-electron chi connectivity index (χ2n) is 0.565. The van der Waals surface area contributed by atoms with Crippen molar-refractivity contribution in [3.05, 3.63) is 0 Å². The third kappa shape index (κ3) is 2280. The van der Waals surface area contributed by atoms with Crippen LogP contribution in [0.5, 0.6) is 0 Å². The molecule has 0 bridgehead atoms. The van der Waals surface area contributed by atoms with Gasteiger partial charge in [-0.05, 0) is 0 Å². The van der Waals surface area contributed by atoms with Gasteiger partial charge >= 0.3 is 56.1 Å². The van der Waals surface area contributed by atoms with Crippen LogP contribution in [0.25, 0.3) is 0 Å². The molecular weight excluding hydrogens is 208 g/mol. The molecule has 0 aromatic heterocycles. The van der Waals surface area contributed by atoms with Gasteiger partial charge < -0.3 is 24.7 Å².